The van der Waals surface area contributed by atoms with Crippen molar-refractivity contribution in [3.05, 3.63) is 28.5 Å². The van der Waals surface area contributed by atoms with E-state index >= 15 is 0 Å². The molecular weight excluding hydrogens is 274 g/mol. The first-order chi connectivity index (χ1) is 8.28. The maximum Gasteiger partial charge on any atom is 0.345 e. The molecule has 1 N–H and O–H groups in total. The van der Waals surface area contributed by atoms with Crippen LogP contribution >= 0.6 is 11.3 Å². The number of nitrogens with zero attached hydrogens (tertiary/aromatic N) is 1. The van der Waals surface area contributed by atoms with E-state index in [1.807, 2.05) is 0 Å². The van der Waals surface area contributed by atoms with E-state index in [1.54, 1.807) is 13.8 Å². The molecule has 1 heterocycles. The Morgan fingerprint density at radius 3 is 2.56 bits per heavy atom. The van der Waals surface area contributed by atoms with Crippen LogP contribution in [-0.4, -0.2) is 36.9 Å². The lowest BCUT2D eigenvalue weighted by molar-refractivity contribution is 0.0702. The molecule has 0 fully saturated rings. The Balaban J connectivity index is 3.10. The predicted octanol–water partition coefficient (Wildman–Crippen LogP) is 2.03. The monoisotopic (exact) mass is 289 g/mol. The second kappa shape index (κ2) is 5.64. The van der Waals surface area contributed by atoms with Crippen LogP contribution in [0, 0.1) is 0 Å². The topological polar surface area (TPSA) is 74.7 Å². The zero-order valence-electron chi connectivity index (χ0n) is 10.2. The molecule has 0 amide bonds. The maximum atomic E-state index is 12.2. The minimum atomic E-state index is -3.64. The second-order valence-electron chi connectivity index (χ2n) is 3.84. The molecular formula is C11H15NO4S2. The summed E-state index contributed by atoms with van der Waals surface area (Å²) in [5, 5.41) is 10.1. The standard InChI is InChI=1S/C11H15NO4S2/c1-4-12(6-8(2)3)18(15,16)9-5-10(11(13)14)17-7-9/h5,7H,2,4,6H2,1,3H3,(H,13,14). The van der Waals surface area contributed by atoms with Crippen molar-refractivity contribution in [2.45, 2.75) is 18.7 Å². The highest BCUT2D eigenvalue weighted by atomic mass is 32.2. The third-order valence-corrected chi connectivity index (χ3v) is 5.19. The molecule has 0 aliphatic rings. The highest BCUT2D eigenvalue weighted by Crippen LogP contribution is 2.23. The molecule has 100 valence electrons. The van der Waals surface area contributed by atoms with Gasteiger partial charge in [-0.2, -0.15) is 4.31 Å². The number of likely N-dealkylation sites (N-methyl/N-ethyl adjacent to an activating group) is 1. The van der Waals surface area contributed by atoms with E-state index in [0.29, 0.717) is 6.54 Å². The third kappa shape index (κ3) is 3.18. The summed E-state index contributed by atoms with van der Waals surface area (Å²) in [5.41, 5.74) is 0.731. The SMILES string of the molecule is C=C(C)CN(CC)S(=O)(=O)c1csc(C(=O)O)c1. The molecule has 0 radical (unpaired) electrons. The van der Waals surface area contributed by atoms with Crippen molar-refractivity contribution in [2.24, 2.45) is 0 Å². The van der Waals surface area contributed by atoms with E-state index in [9.17, 15) is 13.2 Å². The average molecular weight is 289 g/mol. The van der Waals surface area contributed by atoms with Crippen LogP contribution in [-0.2, 0) is 10.0 Å². The van der Waals surface area contributed by atoms with Gasteiger partial charge < -0.3 is 5.11 Å². The van der Waals surface area contributed by atoms with Crippen molar-refractivity contribution in [2.75, 3.05) is 13.1 Å². The molecule has 7 heteroatoms. The average Bonchev–Trinajstić information content (AvgIpc) is 2.75. The van der Waals surface area contributed by atoms with E-state index in [-0.39, 0.29) is 16.3 Å². The fourth-order valence-electron chi connectivity index (χ4n) is 1.38. The van der Waals surface area contributed by atoms with Crippen molar-refractivity contribution < 1.29 is 18.3 Å². The van der Waals surface area contributed by atoms with Crippen LogP contribution in [0.25, 0.3) is 0 Å². The summed E-state index contributed by atoms with van der Waals surface area (Å²) in [7, 11) is -3.64. The van der Waals surface area contributed by atoms with Gasteiger partial charge in [0.15, 0.2) is 0 Å². The van der Waals surface area contributed by atoms with Gasteiger partial charge in [-0.25, -0.2) is 13.2 Å². The molecule has 0 aromatic carbocycles. The van der Waals surface area contributed by atoms with Gasteiger partial charge in [0.2, 0.25) is 10.0 Å². The molecule has 1 aromatic rings. The number of hydrogen-bond acceptors (Lipinski definition) is 4. The molecule has 0 spiro atoms. The summed E-state index contributed by atoms with van der Waals surface area (Å²) in [6, 6.07) is 1.18. The van der Waals surface area contributed by atoms with Crippen LogP contribution < -0.4 is 0 Å². The highest BCUT2D eigenvalue weighted by Gasteiger charge is 2.25. The van der Waals surface area contributed by atoms with E-state index in [4.69, 9.17) is 5.11 Å². The largest absolute Gasteiger partial charge is 0.477 e. The Labute approximate surface area is 110 Å². The van der Waals surface area contributed by atoms with Crippen molar-refractivity contribution >= 4 is 27.3 Å². The van der Waals surface area contributed by atoms with E-state index in [0.717, 1.165) is 16.9 Å². The number of carboxylic acids is 1. The molecule has 0 atom stereocenters. The van der Waals surface area contributed by atoms with Crippen molar-refractivity contribution in [1.82, 2.24) is 4.31 Å². The third-order valence-electron chi connectivity index (χ3n) is 2.22. The fraction of sp³-hybridized carbons (Fsp3) is 0.364. The van der Waals surface area contributed by atoms with Crippen LogP contribution in [0.5, 0.6) is 0 Å². The number of sulfonamides is 1. The van der Waals surface area contributed by atoms with Gasteiger partial charge in [-0.1, -0.05) is 19.1 Å². The molecule has 0 bridgehead atoms. The molecule has 1 rings (SSSR count). The quantitative estimate of drug-likeness (QED) is 0.813. The summed E-state index contributed by atoms with van der Waals surface area (Å²) in [6.45, 7) is 7.70. The smallest absolute Gasteiger partial charge is 0.345 e. The molecule has 0 unspecified atom stereocenters. The van der Waals surface area contributed by atoms with E-state index in [2.05, 4.69) is 6.58 Å². The molecule has 1 aromatic heterocycles. The number of thiophene rings is 1. The van der Waals surface area contributed by atoms with Gasteiger partial charge in [-0.3, -0.25) is 0 Å². The Morgan fingerprint density at radius 2 is 2.17 bits per heavy atom. The number of rotatable bonds is 6. The first-order valence-electron chi connectivity index (χ1n) is 5.25. The fourth-order valence-corrected chi connectivity index (χ4v) is 3.99. The number of hydrogen-bond donors (Lipinski definition) is 1. The predicted molar refractivity (Wildman–Crippen MR) is 70.5 cm³/mol. The lowest BCUT2D eigenvalue weighted by Crippen LogP contribution is -2.32. The summed E-state index contributed by atoms with van der Waals surface area (Å²) in [6.07, 6.45) is 0. The summed E-state index contributed by atoms with van der Waals surface area (Å²) in [4.78, 5) is 10.8. The van der Waals surface area contributed by atoms with Gasteiger partial charge >= 0.3 is 5.97 Å². The Bertz CT molecular complexity index is 559. The number of carboxylic acid groups (broad SMARTS) is 1. The van der Waals surface area contributed by atoms with Gasteiger partial charge in [0.05, 0.1) is 4.90 Å². The van der Waals surface area contributed by atoms with Crippen molar-refractivity contribution in [3.8, 4) is 0 Å². The van der Waals surface area contributed by atoms with Gasteiger partial charge in [0.25, 0.3) is 0 Å². The Hall–Kier alpha value is -1.18. The van der Waals surface area contributed by atoms with Gasteiger partial charge in [-0.15, -0.1) is 11.3 Å². The number of carbonyl (C=O) groups is 1. The normalized spacial score (nSPS) is 11.7. The zero-order valence-corrected chi connectivity index (χ0v) is 11.8. The van der Waals surface area contributed by atoms with Gasteiger partial charge in [0, 0.05) is 18.5 Å². The number of aromatic carboxylic acids is 1. The van der Waals surface area contributed by atoms with Crippen LogP contribution in [0.15, 0.2) is 28.5 Å². The maximum absolute atomic E-state index is 12.2. The summed E-state index contributed by atoms with van der Waals surface area (Å²) < 4.78 is 25.7. The minimum Gasteiger partial charge on any atom is -0.477 e. The highest BCUT2D eigenvalue weighted by molar-refractivity contribution is 7.89. The Kier molecular flexibility index (Phi) is 4.66. The van der Waals surface area contributed by atoms with Crippen LogP contribution in [0.2, 0.25) is 0 Å². The minimum absolute atomic E-state index is 0.0138. The molecule has 18 heavy (non-hydrogen) atoms. The van der Waals surface area contributed by atoms with Crippen LogP contribution in [0.4, 0.5) is 0 Å². The molecule has 5 nitrogen and oxygen atoms in total. The van der Waals surface area contributed by atoms with Gasteiger partial charge in [0.1, 0.15) is 4.88 Å². The molecule has 0 aliphatic carbocycles. The van der Waals surface area contributed by atoms with Gasteiger partial charge in [-0.05, 0) is 13.0 Å². The van der Waals surface area contributed by atoms with E-state index in [1.165, 1.54) is 15.8 Å². The van der Waals surface area contributed by atoms with Crippen LogP contribution in [0.1, 0.15) is 23.5 Å². The van der Waals surface area contributed by atoms with Crippen LogP contribution in [0.3, 0.4) is 0 Å². The Morgan fingerprint density at radius 1 is 1.56 bits per heavy atom. The lowest BCUT2D eigenvalue weighted by Gasteiger charge is -2.19. The second-order valence-corrected chi connectivity index (χ2v) is 6.69. The lowest BCUT2D eigenvalue weighted by atomic mass is 10.3. The molecule has 0 saturated heterocycles. The first kappa shape index (κ1) is 14.9. The summed E-state index contributed by atoms with van der Waals surface area (Å²) >= 11 is 0.903. The van der Waals surface area contributed by atoms with E-state index < -0.39 is 16.0 Å². The molecule has 0 saturated carbocycles. The molecule has 0 aliphatic heterocycles. The first-order valence-corrected chi connectivity index (χ1v) is 7.57. The zero-order chi connectivity index (χ0) is 13.9. The van der Waals surface area contributed by atoms with Crippen molar-refractivity contribution in [3.63, 3.8) is 0 Å². The van der Waals surface area contributed by atoms with Crippen molar-refractivity contribution in [1.29, 1.82) is 0 Å². The summed E-state index contributed by atoms with van der Waals surface area (Å²) in [5.74, 6) is -1.12.